The molecule has 0 unspecified atom stereocenters. The first-order chi connectivity index (χ1) is 7.49. The molecule has 1 aromatic carbocycles. The van der Waals surface area contributed by atoms with Crippen molar-refractivity contribution in [3.05, 3.63) is 31.4 Å². The van der Waals surface area contributed by atoms with E-state index in [0.717, 1.165) is 0 Å². The summed E-state index contributed by atoms with van der Waals surface area (Å²) in [6.45, 7) is 3.35. The fourth-order valence-electron chi connectivity index (χ4n) is 1.29. The average molecular weight is 335 g/mol. The van der Waals surface area contributed by atoms with Crippen molar-refractivity contribution in [3.8, 4) is 5.75 Å². The summed E-state index contributed by atoms with van der Waals surface area (Å²) in [5.41, 5.74) is -0.171. The maximum Gasteiger partial charge on any atom is 0.322 e. The smallest absolute Gasteiger partial charge is 0.322 e. The van der Waals surface area contributed by atoms with Crippen molar-refractivity contribution in [1.82, 2.24) is 0 Å². The number of halogens is 1. The summed E-state index contributed by atoms with van der Waals surface area (Å²) in [4.78, 5) is 21.6. The Morgan fingerprint density at radius 2 is 2.19 bits per heavy atom. The first-order valence-electron chi connectivity index (χ1n) is 4.59. The minimum atomic E-state index is -0.579. The number of ether oxygens (including phenoxy) is 1. The SMILES string of the molecule is CCOc1c(I)ccc(C(C)=O)c1[N+](=O)[O-]. The quantitative estimate of drug-likeness (QED) is 0.367. The second-order valence-corrected chi connectivity index (χ2v) is 4.18. The number of carbonyl (C=O) groups is 1. The maximum atomic E-state index is 11.3. The second-order valence-electron chi connectivity index (χ2n) is 3.02. The Hall–Kier alpha value is -1.18. The fraction of sp³-hybridized carbons (Fsp3) is 0.300. The van der Waals surface area contributed by atoms with E-state index in [-0.39, 0.29) is 22.8 Å². The molecule has 1 rings (SSSR count). The third kappa shape index (κ3) is 2.49. The summed E-state index contributed by atoms with van der Waals surface area (Å²) in [5.74, 6) is -0.176. The summed E-state index contributed by atoms with van der Waals surface area (Å²) in [5, 5.41) is 10.9. The third-order valence-electron chi connectivity index (χ3n) is 1.93. The predicted molar refractivity (Wildman–Crippen MR) is 67.0 cm³/mol. The number of hydrogen-bond donors (Lipinski definition) is 0. The molecule has 0 atom stereocenters. The number of nitro benzene ring substituents is 1. The summed E-state index contributed by atoms with van der Waals surface area (Å²) in [6.07, 6.45) is 0. The van der Waals surface area contributed by atoms with Gasteiger partial charge < -0.3 is 4.74 Å². The number of rotatable bonds is 4. The van der Waals surface area contributed by atoms with Crippen LogP contribution < -0.4 is 4.74 Å². The van der Waals surface area contributed by atoms with Crippen LogP contribution in [0.1, 0.15) is 24.2 Å². The van der Waals surface area contributed by atoms with Gasteiger partial charge in [-0.25, -0.2) is 0 Å². The minimum Gasteiger partial charge on any atom is -0.486 e. The van der Waals surface area contributed by atoms with E-state index < -0.39 is 4.92 Å². The Labute approximate surface area is 106 Å². The fourth-order valence-corrected chi connectivity index (χ4v) is 1.88. The van der Waals surface area contributed by atoms with Gasteiger partial charge in [-0.3, -0.25) is 14.9 Å². The summed E-state index contributed by atoms with van der Waals surface area (Å²) >= 11 is 1.94. The molecule has 0 aliphatic carbocycles. The highest BCUT2D eigenvalue weighted by atomic mass is 127. The van der Waals surface area contributed by atoms with Crippen molar-refractivity contribution >= 4 is 34.1 Å². The molecule has 0 aliphatic heterocycles. The highest BCUT2D eigenvalue weighted by Crippen LogP contribution is 2.35. The molecular weight excluding hydrogens is 325 g/mol. The zero-order valence-electron chi connectivity index (χ0n) is 8.82. The van der Waals surface area contributed by atoms with Crippen LogP contribution in [0.3, 0.4) is 0 Å². The molecule has 0 radical (unpaired) electrons. The molecule has 0 bridgehead atoms. The van der Waals surface area contributed by atoms with Gasteiger partial charge in [0, 0.05) is 0 Å². The summed E-state index contributed by atoms with van der Waals surface area (Å²) in [7, 11) is 0. The van der Waals surface area contributed by atoms with Gasteiger partial charge in [-0.15, -0.1) is 0 Å². The van der Waals surface area contributed by atoms with Crippen molar-refractivity contribution < 1.29 is 14.5 Å². The number of benzene rings is 1. The van der Waals surface area contributed by atoms with Gasteiger partial charge in [0.2, 0.25) is 5.75 Å². The van der Waals surface area contributed by atoms with Crippen LogP contribution in [0.4, 0.5) is 5.69 Å². The van der Waals surface area contributed by atoms with Crippen LogP contribution in [0.2, 0.25) is 0 Å². The highest BCUT2D eigenvalue weighted by molar-refractivity contribution is 14.1. The van der Waals surface area contributed by atoms with E-state index in [1.54, 1.807) is 13.0 Å². The lowest BCUT2D eigenvalue weighted by molar-refractivity contribution is -0.386. The molecule has 5 nitrogen and oxygen atoms in total. The van der Waals surface area contributed by atoms with E-state index in [0.29, 0.717) is 10.2 Å². The monoisotopic (exact) mass is 335 g/mol. The van der Waals surface area contributed by atoms with Crippen molar-refractivity contribution in [2.75, 3.05) is 6.61 Å². The number of carbonyl (C=O) groups excluding carboxylic acids is 1. The Bertz CT molecular complexity index is 445. The van der Waals surface area contributed by atoms with Crippen LogP contribution in [0.5, 0.6) is 5.75 Å². The van der Waals surface area contributed by atoms with Crippen LogP contribution in [0.15, 0.2) is 12.1 Å². The standard InChI is InChI=1S/C10H10INO4/c1-3-16-10-8(11)5-4-7(6(2)13)9(10)12(14)15/h4-5H,3H2,1-2H3. The minimum absolute atomic E-state index is 0.0777. The number of hydrogen-bond acceptors (Lipinski definition) is 4. The van der Waals surface area contributed by atoms with Crippen LogP contribution in [-0.4, -0.2) is 17.3 Å². The number of ketones is 1. The topological polar surface area (TPSA) is 69.4 Å². The number of Topliss-reactive ketones (excluding diaryl/α,β-unsaturated/α-hetero) is 1. The van der Waals surface area contributed by atoms with Crippen LogP contribution in [0.25, 0.3) is 0 Å². The van der Waals surface area contributed by atoms with Gasteiger partial charge in [0.25, 0.3) is 0 Å². The van der Waals surface area contributed by atoms with E-state index >= 15 is 0 Å². The molecule has 0 aliphatic rings. The predicted octanol–water partition coefficient (Wildman–Crippen LogP) is 2.80. The molecule has 0 heterocycles. The lowest BCUT2D eigenvalue weighted by Gasteiger charge is -2.08. The Kier molecular flexibility index (Phi) is 4.22. The Morgan fingerprint density at radius 1 is 1.56 bits per heavy atom. The van der Waals surface area contributed by atoms with Crippen LogP contribution >= 0.6 is 22.6 Å². The molecule has 0 fully saturated rings. The Morgan fingerprint density at radius 3 is 2.62 bits per heavy atom. The molecule has 6 heteroatoms. The van der Waals surface area contributed by atoms with Crippen molar-refractivity contribution in [2.45, 2.75) is 13.8 Å². The lowest BCUT2D eigenvalue weighted by atomic mass is 10.1. The molecule has 86 valence electrons. The molecule has 0 amide bonds. The highest BCUT2D eigenvalue weighted by Gasteiger charge is 2.25. The van der Waals surface area contributed by atoms with E-state index in [1.165, 1.54) is 13.0 Å². The van der Waals surface area contributed by atoms with Gasteiger partial charge in [-0.1, -0.05) is 0 Å². The van der Waals surface area contributed by atoms with Crippen LogP contribution in [0, 0.1) is 13.7 Å². The molecule has 0 saturated carbocycles. The van der Waals surface area contributed by atoms with Crippen molar-refractivity contribution in [3.63, 3.8) is 0 Å². The zero-order chi connectivity index (χ0) is 12.3. The second kappa shape index (κ2) is 5.24. The zero-order valence-corrected chi connectivity index (χ0v) is 11.0. The van der Waals surface area contributed by atoms with Gasteiger partial charge in [-0.05, 0) is 48.6 Å². The molecule has 0 spiro atoms. The number of nitrogens with zero attached hydrogens (tertiary/aromatic N) is 1. The number of nitro groups is 1. The lowest BCUT2D eigenvalue weighted by Crippen LogP contribution is -2.05. The third-order valence-corrected chi connectivity index (χ3v) is 2.78. The molecular formula is C10H10INO4. The first-order valence-corrected chi connectivity index (χ1v) is 5.67. The van der Waals surface area contributed by atoms with Gasteiger partial charge in [0.05, 0.1) is 20.7 Å². The summed E-state index contributed by atoms with van der Waals surface area (Å²) < 4.78 is 5.84. The largest absolute Gasteiger partial charge is 0.486 e. The van der Waals surface area contributed by atoms with E-state index in [2.05, 4.69) is 0 Å². The van der Waals surface area contributed by atoms with E-state index in [4.69, 9.17) is 4.74 Å². The van der Waals surface area contributed by atoms with E-state index in [9.17, 15) is 14.9 Å². The van der Waals surface area contributed by atoms with Crippen molar-refractivity contribution in [2.24, 2.45) is 0 Å². The maximum absolute atomic E-state index is 11.3. The molecule has 0 saturated heterocycles. The molecule has 0 N–H and O–H groups in total. The molecule has 0 aromatic heterocycles. The first kappa shape index (κ1) is 12.9. The van der Waals surface area contributed by atoms with Gasteiger partial charge in [-0.2, -0.15) is 0 Å². The van der Waals surface area contributed by atoms with Gasteiger partial charge in [0.15, 0.2) is 5.78 Å². The van der Waals surface area contributed by atoms with Crippen molar-refractivity contribution in [1.29, 1.82) is 0 Å². The van der Waals surface area contributed by atoms with E-state index in [1.807, 2.05) is 22.6 Å². The van der Waals surface area contributed by atoms with Gasteiger partial charge in [0.1, 0.15) is 0 Å². The average Bonchev–Trinajstić information content (AvgIpc) is 2.20. The normalized spacial score (nSPS) is 9.94. The molecule has 16 heavy (non-hydrogen) atoms. The molecule has 1 aromatic rings. The Balaban J connectivity index is 3.49. The van der Waals surface area contributed by atoms with Gasteiger partial charge >= 0.3 is 5.69 Å². The van der Waals surface area contributed by atoms with Crippen LogP contribution in [-0.2, 0) is 0 Å². The summed E-state index contributed by atoms with van der Waals surface area (Å²) in [6, 6.07) is 3.08.